The lowest BCUT2D eigenvalue weighted by Crippen LogP contribution is -2.42. The Balaban J connectivity index is 1.44. The molecular formula is C36H53NO9. The monoisotopic (exact) mass is 643 g/mol. The van der Waals surface area contributed by atoms with E-state index in [1.54, 1.807) is 13.8 Å². The lowest BCUT2D eigenvalue weighted by atomic mass is 9.60. The molecule has 3 N–H and O–H groups in total. The Hall–Kier alpha value is -2.82. The highest BCUT2D eigenvalue weighted by Crippen LogP contribution is 2.60. The maximum Gasteiger partial charge on any atom is 0.333 e. The van der Waals surface area contributed by atoms with Gasteiger partial charge in [0.25, 0.3) is 11.8 Å². The molecule has 1 saturated heterocycles. The van der Waals surface area contributed by atoms with Crippen LogP contribution < -0.4 is 0 Å². The van der Waals surface area contributed by atoms with E-state index in [9.17, 15) is 34.5 Å². The molecule has 46 heavy (non-hydrogen) atoms. The summed E-state index contributed by atoms with van der Waals surface area (Å²) in [6.07, 6.45) is 9.49. The Morgan fingerprint density at radius 3 is 2.39 bits per heavy atom. The first-order valence-electron chi connectivity index (χ1n) is 17.0. The van der Waals surface area contributed by atoms with Crippen LogP contribution in [0, 0.1) is 23.2 Å². The van der Waals surface area contributed by atoms with Crippen molar-refractivity contribution < 1.29 is 44.1 Å². The van der Waals surface area contributed by atoms with Crippen molar-refractivity contribution in [1.29, 1.82) is 0 Å². The fourth-order valence-corrected chi connectivity index (χ4v) is 8.13. The summed E-state index contributed by atoms with van der Waals surface area (Å²) in [6.45, 7) is 12.0. The topological polar surface area (TPSA) is 151 Å². The van der Waals surface area contributed by atoms with Gasteiger partial charge in [-0.1, -0.05) is 43.7 Å². The van der Waals surface area contributed by atoms with E-state index < -0.39 is 35.5 Å². The summed E-state index contributed by atoms with van der Waals surface area (Å²) in [5.41, 5.74) is 2.02. The van der Waals surface area contributed by atoms with Crippen LogP contribution in [0.2, 0.25) is 0 Å². The van der Waals surface area contributed by atoms with Gasteiger partial charge >= 0.3 is 11.9 Å². The quantitative estimate of drug-likeness (QED) is 0.197. The van der Waals surface area contributed by atoms with Crippen LogP contribution in [0.5, 0.6) is 0 Å². The first-order valence-corrected chi connectivity index (χ1v) is 17.0. The largest absolute Gasteiger partial charge is 0.462 e. The standard InChI is InChI=1S/C36H53NO9/c1-22-9-13-26(38)19-24(22)11-12-25-20-27(45-33(42)7-6-8-34(43)46-37-31(40)17-18-32(37)41)21-36(5)28(14-15-29(25)36)23(2)10-16-30(39)35(3,4)44/h11-12,23,26-30,38-39,44H,1,6-10,13-21H2,2-5H3/b24-11-,25-12+/t23-,26+,27+,28-,29+,30-,36-/m1/s1. The van der Waals surface area contributed by atoms with Crippen LogP contribution in [0.25, 0.3) is 0 Å². The number of allylic oxidation sites excluding steroid dienone is 3. The third-order valence-electron chi connectivity index (χ3n) is 10.8. The van der Waals surface area contributed by atoms with Crippen molar-refractivity contribution in [3.8, 4) is 0 Å². The van der Waals surface area contributed by atoms with Gasteiger partial charge in [-0.2, -0.15) is 0 Å². The molecule has 10 heteroatoms. The van der Waals surface area contributed by atoms with E-state index in [1.807, 2.05) is 0 Å². The van der Waals surface area contributed by atoms with Crippen molar-refractivity contribution >= 4 is 23.8 Å². The molecule has 0 unspecified atom stereocenters. The molecule has 0 spiro atoms. The minimum absolute atomic E-state index is 0.00309. The molecule has 1 aliphatic heterocycles. The van der Waals surface area contributed by atoms with Crippen LogP contribution in [0.15, 0.2) is 35.5 Å². The summed E-state index contributed by atoms with van der Waals surface area (Å²) in [5.74, 6) is -1.31. The number of imide groups is 1. The predicted octanol–water partition coefficient (Wildman–Crippen LogP) is 5.00. The van der Waals surface area contributed by atoms with Crippen molar-refractivity contribution in [2.45, 2.75) is 141 Å². The molecule has 0 bridgehead atoms. The number of fused-ring (bicyclic) bond motifs is 1. The number of aliphatic hydroxyl groups is 3. The van der Waals surface area contributed by atoms with Crippen LogP contribution in [-0.4, -0.2) is 68.0 Å². The number of hydrogen-bond donors (Lipinski definition) is 3. The SMILES string of the molecule is C=C1CC[C@H](O)C/C1=C/C=C1\C[C@H](OC(=O)CCCC(=O)ON2C(=O)CCC2=O)C[C@]2(C)[C@@H]([C@H](C)CC[C@@H](O)C(C)(C)O)CC[C@@H]12. The molecule has 1 heterocycles. The van der Waals surface area contributed by atoms with E-state index in [1.165, 1.54) is 5.57 Å². The first-order chi connectivity index (χ1) is 21.6. The van der Waals surface area contributed by atoms with Gasteiger partial charge in [0.2, 0.25) is 0 Å². The minimum atomic E-state index is -1.16. The fraction of sp³-hybridized carbons (Fsp3) is 0.722. The lowest BCUT2D eigenvalue weighted by molar-refractivity contribution is -0.197. The number of amides is 2. The third kappa shape index (κ3) is 8.75. The molecule has 0 aromatic carbocycles. The Kier molecular flexibility index (Phi) is 11.7. The summed E-state index contributed by atoms with van der Waals surface area (Å²) in [4.78, 5) is 53.5. The summed E-state index contributed by atoms with van der Waals surface area (Å²) in [6, 6.07) is 0. The number of carbonyl (C=O) groups excluding carboxylic acids is 4. The minimum Gasteiger partial charge on any atom is -0.462 e. The fourth-order valence-electron chi connectivity index (χ4n) is 8.13. The molecule has 4 fully saturated rings. The number of hydroxylamine groups is 2. The Morgan fingerprint density at radius 2 is 1.72 bits per heavy atom. The molecule has 4 rings (SSSR count). The van der Waals surface area contributed by atoms with Crippen LogP contribution in [0.4, 0.5) is 0 Å². The van der Waals surface area contributed by atoms with Crippen molar-refractivity contribution in [3.63, 3.8) is 0 Å². The van der Waals surface area contributed by atoms with Gasteiger partial charge in [-0.25, -0.2) is 4.79 Å². The van der Waals surface area contributed by atoms with Gasteiger partial charge in [-0.05, 0) is 100 Å². The maximum absolute atomic E-state index is 13.0. The summed E-state index contributed by atoms with van der Waals surface area (Å²) < 4.78 is 6.04. The zero-order valence-corrected chi connectivity index (χ0v) is 28.0. The third-order valence-corrected chi connectivity index (χ3v) is 10.8. The first kappa shape index (κ1) is 36.0. The summed E-state index contributed by atoms with van der Waals surface area (Å²) >= 11 is 0. The normalized spacial score (nSPS) is 31.7. The van der Waals surface area contributed by atoms with Gasteiger partial charge in [0, 0.05) is 32.1 Å². The molecule has 7 atom stereocenters. The van der Waals surface area contributed by atoms with E-state index in [-0.39, 0.29) is 55.6 Å². The molecular weight excluding hydrogens is 590 g/mol. The summed E-state index contributed by atoms with van der Waals surface area (Å²) in [7, 11) is 0. The molecule has 3 saturated carbocycles. The number of carbonyl (C=O) groups is 4. The molecule has 256 valence electrons. The number of esters is 1. The lowest BCUT2D eigenvalue weighted by Gasteiger charge is -2.47. The highest BCUT2D eigenvalue weighted by Gasteiger charge is 2.53. The van der Waals surface area contributed by atoms with E-state index in [0.717, 1.165) is 43.3 Å². The molecule has 10 nitrogen and oxygen atoms in total. The predicted molar refractivity (Wildman–Crippen MR) is 170 cm³/mol. The second-order valence-electron chi connectivity index (χ2n) is 14.8. The summed E-state index contributed by atoms with van der Waals surface area (Å²) in [5, 5.41) is 31.5. The molecule has 0 radical (unpaired) electrons. The van der Waals surface area contributed by atoms with Crippen molar-refractivity contribution in [2.75, 3.05) is 0 Å². The van der Waals surface area contributed by atoms with E-state index in [0.29, 0.717) is 42.6 Å². The molecule has 0 aromatic heterocycles. The average molecular weight is 644 g/mol. The van der Waals surface area contributed by atoms with Crippen LogP contribution >= 0.6 is 0 Å². The van der Waals surface area contributed by atoms with E-state index in [4.69, 9.17) is 9.57 Å². The van der Waals surface area contributed by atoms with Gasteiger partial charge < -0.3 is 24.9 Å². The van der Waals surface area contributed by atoms with Crippen molar-refractivity contribution in [1.82, 2.24) is 5.06 Å². The highest BCUT2D eigenvalue weighted by molar-refractivity contribution is 6.01. The Bertz CT molecular complexity index is 1230. The number of hydrogen-bond acceptors (Lipinski definition) is 9. The molecule has 2 amide bonds. The molecule has 0 aromatic rings. The van der Waals surface area contributed by atoms with Crippen LogP contribution in [-0.2, 0) is 28.8 Å². The number of rotatable bonds is 12. The van der Waals surface area contributed by atoms with Crippen LogP contribution in [0.3, 0.4) is 0 Å². The number of ether oxygens (including phenoxy) is 1. The van der Waals surface area contributed by atoms with Gasteiger partial charge in [-0.15, -0.1) is 5.06 Å². The number of aliphatic hydroxyl groups excluding tert-OH is 2. The maximum atomic E-state index is 13.0. The van der Waals surface area contributed by atoms with E-state index in [2.05, 4.69) is 32.6 Å². The molecule has 3 aliphatic carbocycles. The zero-order chi connectivity index (χ0) is 33.8. The van der Waals surface area contributed by atoms with Gasteiger partial charge in [0.15, 0.2) is 0 Å². The van der Waals surface area contributed by atoms with Gasteiger partial charge in [0.1, 0.15) is 6.10 Å². The average Bonchev–Trinajstić information content (AvgIpc) is 3.49. The van der Waals surface area contributed by atoms with E-state index >= 15 is 0 Å². The Labute approximate surface area is 272 Å². The highest BCUT2D eigenvalue weighted by atomic mass is 16.7. The zero-order valence-electron chi connectivity index (χ0n) is 28.0. The molecule has 4 aliphatic rings. The number of nitrogens with zero attached hydrogens (tertiary/aromatic N) is 1. The smallest absolute Gasteiger partial charge is 0.333 e. The second kappa shape index (κ2) is 14.9. The van der Waals surface area contributed by atoms with Crippen molar-refractivity contribution in [3.05, 3.63) is 35.5 Å². The second-order valence-corrected chi connectivity index (χ2v) is 14.8. The van der Waals surface area contributed by atoms with Gasteiger partial charge in [0.05, 0.1) is 17.8 Å². The Morgan fingerprint density at radius 1 is 1.04 bits per heavy atom. The van der Waals surface area contributed by atoms with Crippen LogP contribution in [0.1, 0.15) is 118 Å². The van der Waals surface area contributed by atoms with Gasteiger partial charge in [-0.3, -0.25) is 14.4 Å². The van der Waals surface area contributed by atoms with Crippen molar-refractivity contribution in [2.24, 2.45) is 23.2 Å².